The van der Waals surface area contributed by atoms with Gasteiger partial charge < -0.3 is 15.5 Å². The van der Waals surface area contributed by atoms with Crippen LogP contribution in [-0.4, -0.2) is 39.4 Å². The first-order chi connectivity index (χ1) is 10.2. The van der Waals surface area contributed by atoms with Crippen molar-refractivity contribution in [2.45, 2.75) is 32.2 Å². The molecule has 1 aromatic carbocycles. The fraction of sp³-hybridized carbons (Fsp3) is 0.333. The van der Waals surface area contributed by atoms with Gasteiger partial charge in [-0.05, 0) is 13.3 Å². The summed E-state index contributed by atoms with van der Waals surface area (Å²) in [6.45, 7) is 2.87. The zero-order valence-corrected chi connectivity index (χ0v) is 12.3. The van der Waals surface area contributed by atoms with E-state index >= 15 is 0 Å². The molecule has 0 aliphatic carbocycles. The minimum Gasteiger partial charge on any atom is -0.479 e. The summed E-state index contributed by atoms with van der Waals surface area (Å²) in [5, 5.41) is 20.2. The zero-order chi connectivity index (χ0) is 16.9. The second-order valence-electron chi connectivity index (χ2n) is 4.99. The van der Waals surface area contributed by atoms with E-state index in [1.807, 2.05) is 12.2 Å². The monoisotopic (exact) mass is 307 g/mol. The minimum absolute atomic E-state index is 0.318. The van der Waals surface area contributed by atoms with Gasteiger partial charge in [0.1, 0.15) is 0 Å². The van der Waals surface area contributed by atoms with Crippen LogP contribution < -0.4 is 5.32 Å². The smallest absolute Gasteiger partial charge is 0.341 e. The van der Waals surface area contributed by atoms with Crippen LogP contribution in [0.3, 0.4) is 0 Å². The molecule has 1 amide bonds. The highest BCUT2D eigenvalue weighted by molar-refractivity contribution is 6.07. The molecule has 7 heteroatoms. The van der Waals surface area contributed by atoms with Crippen LogP contribution in [0.25, 0.3) is 0 Å². The number of rotatable bonds is 7. The molecular formula is C15H17NO6. The molecule has 118 valence electrons. The first-order valence-corrected chi connectivity index (χ1v) is 6.54. The number of nitrogens with one attached hydrogen (secondary N) is 1. The topological polar surface area (TPSA) is 121 Å². The van der Waals surface area contributed by atoms with Crippen LogP contribution in [-0.2, 0) is 14.4 Å². The Kier molecular flexibility index (Phi) is 5.39. The molecule has 0 spiro atoms. The lowest BCUT2D eigenvalue weighted by molar-refractivity contribution is -0.161. The van der Waals surface area contributed by atoms with E-state index < -0.39 is 35.6 Å². The van der Waals surface area contributed by atoms with Crippen molar-refractivity contribution in [1.29, 1.82) is 0 Å². The maximum absolute atomic E-state index is 12.0. The molecule has 0 aliphatic heterocycles. The number of carbonyl (C=O) groups excluding carboxylic acids is 2. The Morgan fingerprint density at radius 2 is 1.55 bits per heavy atom. The molecule has 1 rings (SSSR count). The summed E-state index contributed by atoms with van der Waals surface area (Å²) in [7, 11) is 0. The molecule has 7 nitrogen and oxygen atoms in total. The molecule has 3 N–H and O–H groups in total. The third-order valence-electron chi connectivity index (χ3n) is 3.22. The maximum Gasteiger partial charge on any atom is 0.341 e. The zero-order valence-electron chi connectivity index (χ0n) is 12.3. The van der Waals surface area contributed by atoms with Crippen LogP contribution in [0.2, 0.25) is 0 Å². The number of ketones is 1. The number of carboxylic acid groups (broad SMARTS) is 2. The van der Waals surface area contributed by atoms with Crippen molar-refractivity contribution in [2.24, 2.45) is 0 Å². The van der Waals surface area contributed by atoms with Gasteiger partial charge in [-0.15, -0.1) is 0 Å². The highest BCUT2D eigenvalue weighted by Crippen LogP contribution is 2.17. The Morgan fingerprint density at radius 3 is 1.95 bits per heavy atom. The summed E-state index contributed by atoms with van der Waals surface area (Å²) in [6, 6.07) is 6.62. The molecule has 0 fully saturated rings. The molecule has 0 radical (unpaired) electrons. The molecule has 0 aliphatic rings. The Balaban J connectivity index is 2.93. The molecule has 0 bridgehead atoms. The maximum atomic E-state index is 12.0. The number of Topliss-reactive ketones (excluding diaryl/α,β-unsaturated/α-hetero) is 1. The molecule has 0 aromatic heterocycles. The summed E-state index contributed by atoms with van der Waals surface area (Å²) in [5.41, 5.74) is -1.19. The summed E-state index contributed by atoms with van der Waals surface area (Å²) in [4.78, 5) is 45.7. The van der Waals surface area contributed by atoms with E-state index in [0.717, 1.165) is 12.5 Å². The Morgan fingerprint density at radius 1 is 1.05 bits per heavy atom. The standard InChI is InChI=1S/C15H17NO6/c1-9-3-5-11(6-4-9)12(18)7-8-15(13(19)20,14(21)22)16-10(2)17/h3-6H,7-8H2,1-2H3,(H,16,17)(H,19,20)(H,21,22). The van der Waals surface area contributed by atoms with E-state index in [9.17, 15) is 19.2 Å². The lowest BCUT2D eigenvalue weighted by atomic mass is 9.90. The summed E-state index contributed by atoms with van der Waals surface area (Å²) < 4.78 is 0. The number of aliphatic carboxylic acids is 2. The van der Waals surface area contributed by atoms with E-state index in [0.29, 0.717) is 5.56 Å². The van der Waals surface area contributed by atoms with E-state index in [2.05, 4.69) is 0 Å². The Hall–Kier alpha value is -2.70. The Labute approximate surface area is 127 Å². The third kappa shape index (κ3) is 3.91. The summed E-state index contributed by atoms with van der Waals surface area (Å²) in [6.07, 6.45) is -0.855. The molecule has 22 heavy (non-hydrogen) atoms. The number of carboxylic acids is 2. The Bertz CT molecular complexity index is 591. The van der Waals surface area contributed by atoms with Crippen molar-refractivity contribution in [3.63, 3.8) is 0 Å². The van der Waals surface area contributed by atoms with Crippen molar-refractivity contribution in [3.8, 4) is 0 Å². The number of benzene rings is 1. The van der Waals surface area contributed by atoms with Crippen molar-refractivity contribution >= 4 is 23.6 Å². The van der Waals surface area contributed by atoms with Crippen LogP contribution in [0, 0.1) is 6.92 Å². The molecular weight excluding hydrogens is 290 g/mol. The predicted octanol–water partition coefficient (Wildman–Crippen LogP) is 1.00. The van der Waals surface area contributed by atoms with Gasteiger partial charge in [-0.2, -0.15) is 0 Å². The van der Waals surface area contributed by atoms with Gasteiger partial charge in [0.05, 0.1) is 0 Å². The number of hydrogen-bond acceptors (Lipinski definition) is 4. The van der Waals surface area contributed by atoms with Gasteiger partial charge in [-0.3, -0.25) is 9.59 Å². The quantitative estimate of drug-likeness (QED) is 0.510. The fourth-order valence-electron chi connectivity index (χ4n) is 1.96. The van der Waals surface area contributed by atoms with E-state index in [1.54, 1.807) is 24.3 Å². The lowest BCUT2D eigenvalue weighted by Gasteiger charge is -2.25. The normalized spacial score (nSPS) is 10.8. The van der Waals surface area contributed by atoms with Crippen LogP contribution in [0.15, 0.2) is 24.3 Å². The van der Waals surface area contributed by atoms with Crippen LogP contribution >= 0.6 is 0 Å². The highest BCUT2D eigenvalue weighted by atomic mass is 16.4. The average molecular weight is 307 g/mol. The molecule has 0 atom stereocenters. The third-order valence-corrected chi connectivity index (χ3v) is 3.22. The molecule has 0 saturated carbocycles. The minimum atomic E-state index is -2.51. The molecule has 1 aromatic rings. The summed E-state index contributed by atoms with van der Waals surface area (Å²) in [5.74, 6) is -4.62. The van der Waals surface area contributed by atoms with Gasteiger partial charge in [-0.1, -0.05) is 29.8 Å². The van der Waals surface area contributed by atoms with Gasteiger partial charge in [0.2, 0.25) is 11.4 Å². The van der Waals surface area contributed by atoms with Crippen molar-refractivity contribution in [3.05, 3.63) is 35.4 Å². The van der Waals surface area contributed by atoms with Gasteiger partial charge in [0.25, 0.3) is 0 Å². The summed E-state index contributed by atoms with van der Waals surface area (Å²) >= 11 is 0. The molecule has 0 unspecified atom stereocenters. The largest absolute Gasteiger partial charge is 0.479 e. The fourth-order valence-corrected chi connectivity index (χ4v) is 1.96. The van der Waals surface area contributed by atoms with Crippen LogP contribution in [0.1, 0.15) is 35.7 Å². The molecule has 0 heterocycles. The first-order valence-electron chi connectivity index (χ1n) is 6.54. The van der Waals surface area contributed by atoms with Crippen molar-refractivity contribution in [2.75, 3.05) is 0 Å². The van der Waals surface area contributed by atoms with Gasteiger partial charge >= 0.3 is 11.9 Å². The lowest BCUT2D eigenvalue weighted by Crippen LogP contribution is -2.59. The number of hydrogen-bond donors (Lipinski definition) is 3. The van der Waals surface area contributed by atoms with Crippen LogP contribution in [0.5, 0.6) is 0 Å². The number of carbonyl (C=O) groups is 4. The number of amides is 1. The second kappa shape index (κ2) is 6.84. The van der Waals surface area contributed by atoms with Crippen LogP contribution in [0.4, 0.5) is 0 Å². The van der Waals surface area contributed by atoms with Crippen molar-refractivity contribution in [1.82, 2.24) is 5.32 Å². The van der Waals surface area contributed by atoms with Gasteiger partial charge in [0, 0.05) is 18.9 Å². The van der Waals surface area contributed by atoms with Gasteiger partial charge in [0.15, 0.2) is 5.78 Å². The van der Waals surface area contributed by atoms with Gasteiger partial charge in [-0.25, -0.2) is 9.59 Å². The van der Waals surface area contributed by atoms with Crippen molar-refractivity contribution < 1.29 is 29.4 Å². The highest BCUT2D eigenvalue weighted by Gasteiger charge is 2.47. The second-order valence-corrected chi connectivity index (χ2v) is 4.99. The molecule has 0 saturated heterocycles. The first kappa shape index (κ1) is 17.4. The predicted molar refractivity (Wildman–Crippen MR) is 76.6 cm³/mol. The van der Waals surface area contributed by atoms with E-state index in [4.69, 9.17) is 10.2 Å². The number of aryl methyl sites for hydroxylation is 1. The average Bonchev–Trinajstić information content (AvgIpc) is 2.42. The van der Waals surface area contributed by atoms with E-state index in [1.165, 1.54) is 0 Å². The SMILES string of the molecule is CC(=O)NC(CCC(=O)c1ccc(C)cc1)(C(=O)O)C(=O)O. The van der Waals surface area contributed by atoms with E-state index in [-0.39, 0.29) is 6.42 Å².